The van der Waals surface area contributed by atoms with Crippen LogP contribution in [0.2, 0.25) is 0 Å². The number of amides is 2. The maximum atomic E-state index is 11.4. The van der Waals surface area contributed by atoms with Crippen molar-refractivity contribution >= 4 is 17.8 Å². The molecule has 0 saturated heterocycles. The predicted molar refractivity (Wildman–Crippen MR) is 57.4 cm³/mol. The van der Waals surface area contributed by atoms with Crippen molar-refractivity contribution in [2.45, 2.75) is 39.2 Å². The van der Waals surface area contributed by atoms with Gasteiger partial charge in [0.1, 0.15) is 6.04 Å². The Balaban J connectivity index is 4.24. The fourth-order valence-electron chi connectivity index (χ4n) is 1.12. The summed E-state index contributed by atoms with van der Waals surface area (Å²) in [5.41, 5.74) is 4.88. The summed E-state index contributed by atoms with van der Waals surface area (Å²) in [5.74, 6) is -2.20. The molecule has 0 radical (unpaired) electrons. The van der Waals surface area contributed by atoms with Gasteiger partial charge in [0.15, 0.2) is 0 Å². The third-order valence-corrected chi connectivity index (χ3v) is 2.27. The van der Waals surface area contributed by atoms with E-state index in [9.17, 15) is 14.4 Å². The molecule has 0 aromatic rings. The number of aliphatic carboxylic acids is 1. The van der Waals surface area contributed by atoms with Crippen LogP contribution in [-0.2, 0) is 14.4 Å². The quantitative estimate of drug-likeness (QED) is 0.565. The molecular weight excluding hydrogens is 212 g/mol. The highest BCUT2D eigenvalue weighted by molar-refractivity contribution is 5.88. The highest BCUT2D eigenvalue weighted by atomic mass is 16.4. The molecule has 6 heteroatoms. The first-order valence-electron chi connectivity index (χ1n) is 5.17. The van der Waals surface area contributed by atoms with Crippen LogP contribution >= 0.6 is 0 Å². The van der Waals surface area contributed by atoms with E-state index in [1.54, 1.807) is 0 Å². The Morgan fingerprint density at radius 1 is 1.31 bits per heavy atom. The SMILES string of the molecule is CCC(C)CC(=O)N[C@H](CC(N)=O)C(=O)O. The molecule has 2 amide bonds. The average Bonchev–Trinajstić information content (AvgIpc) is 2.15. The van der Waals surface area contributed by atoms with Gasteiger partial charge in [-0.25, -0.2) is 4.79 Å². The first-order chi connectivity index (χ1) is 7.36. The van der Waals surface area contributed by atoms with Crippen molar-refractivity contribution in [3.05, 3.63) is 0 Å². The predicted octanol–water partition coefficient (Wildman–Crippen LogP) is -0.133. The fraction of sp³-hybridized carbons (Fsp3) is 0.700. The minimum Gasteiger partial charge on any atom is -0.480 e. The van der Waals surface area contributed by atoms with E-state index in [2.05, 4.69) is 5.32 Å². The monoisotopic (exact) mass is 230 g/mol. The van der Waals surface area contributed by atoms with Gasteiger partial charge in [0.05, 0.1) is 6.42 Å². The second-order valence-electron chi connectivity index (χ2n) is 3.85. The molecular formula is C10H18N2O4. The third-order valence-electron chi connectivity index (χ3n) is 2.27. The number of carboxylic acids is 1. The number of primary amides is 1. The van der Waals surface area contributed by atoms with Gasteiger partial charge >= 0.3 is 5.97 Å². The molecule has 0 saturated carbocycles. The molecule has 0 rings (SSSR count). The molecule has 0 fully saturated rings. The van der Waals surface area contributed by atoms with E-state index in [-0.39, 0.29) is 24.7 Å². The molecule has 0 aromatic heterocycles. The fourth-order valence-corrected chi connectivity index (χ4v) is 1.12. The number of carbonyl (C=O) groups excluding carboxylic acids is 2. The molecule has 1 unspecified atom stereocenters. The summed E-state index contributed by atoms with van der Waals surface area (Å²) in [6.45, 7) is 3.83. The van der Waals surface area contributed by atoms with Crippen molar-refractivity contribution in [3.8, 4) is 0 Å². The maximum Gasteiger partial charge on any atom is 0.326 e. The second kappa shape index (κ2) is 6.81. The highest BCUT2D eigenvalue weighted by Crippen LogP contribution is 2.06. The van der Waals surface area contributed by atoms with Gasteiger partial charge in [0.25, 0.3) is 0 Å². The maximum absolute atomic E-state index is 11.4. The van der Waals surface area contributed by atoms with Crippen LogP contribution in [0.15, 0.2) is 0 Å². The van der Waals surface area contributed by atoms with E-state index in [4.69, 9.17) is 10.8 Å². The van der Waals surface area contributed by atoms with Crippen molar-refractivity contribution in [2.24, 2.45) is 11.7 Å². The zero-order valence-electron chi connectivity index (χ0n) is 9.53. The second-order valence-corrected chi connectivity index (χ2v) is 3.85. The summed E-state index contributed by atoms with van der Waals surface area (Å²) < 4.78 is 0. The zero-order chi connectivity index (χ0) is 12.7. The van der Waals surface area contributed by atoms with Crippen molar-refractivity contribution in [3.63, 3.8) is 0 Å². The van der Waals surface area contributed by atoms with Crippen molar-refractivity contribution in [1.29, 1.82) is 0 Å². The van der Waals surface area contributed by atoms with Crippen LogP contribution in [0, 0.1) is 5.92 Å². The Morgan fingerprint density at radius 2 is 1.88 bits per heavy atom. The topological polar surface area (TPSA) is 109 Å². The summed E-state index contributed by atoms with van der Waals surface area (Å²) in [5, 5.41) is 11.0. The Kier molecular flexibility index (Phi) is 6.14. The lowest BCUT2D eigenvalue weighted by molar-refractivity contribution is -0.143. The van der Waals surface area contributed by atoms with Crippen molar-refractivity contribution in [1.82, 2.24) is 5.32 Å². The van der Waals surface area contributed by atoms with Crippen molar-refractivity contribution < 1.29 is 19.5 Å². The molecule has 92 valence electrons. The van der Waals surface area contributed by atoms with Crippen LogP contribution in [-0.4, -0.2) is 28.9 Å². The molecule has 16 heavy (non-hydrogen) atoms. The number of hydrogen-bond acceptors (Lipinski definition) is 3. The molecule has 0 bridgehead atoms. The molecule has 0 aliphatic heterocycles. The summed E-state index contributed by atoms with van der Waals surface area (Å²) in [6, 6.07) is -1.23. The van der Waals surface area contributed by atoms with Gasteiger partial charge in [0, 0.05) is 6.42 Å². The molecule has 0 heterocycles. The van der Waals surface area contributed by atoms with E-state index < -0.39 is 17.9 Å². The Morgan fingerprint density at radius 3 is 2.25 bits per heavy atom. The Hall–Kier alpha value is -1.59. The number of nitrogens with one attached hydrogen (secondary N) is 1. The van der Waals surface area contributed by atoms with Gasteiger partial charge in [0.2, 0.25) is 11.8 Å². The summed E-state index contributed by atoms with van der Waals surface area (Å²) in [4.78, 5) is 32.7. The normalized spacial score (nSPS) is 13.9. The van der Waals surface area contributed by atoms with Crippen LogP contribution in [0.25, 0.3) is 0 Å². The minimum atomic E-state index is -1.25. The van der Waals surface area contributed by atoms with Crippen LogP contribution < -0.4 is 11.1 Å². The van der Waals surface area contributed by atoms with Crippen molar-refractivity contribution in [2.75, 3.05) is 0 Å². The molecule has 0 spiro atoms. The Labute approximate surface area is 94.2 Å². The molecule has 6 nitrogen and oxygen atoms in total. The Bertz CT molecular complexity index is 278. The number of nitrogens with two attached hydrogens (primary N) is 1. The summed E-state index contributed by atoms with van der Waals surface area (Å²) in [6.07, 6.45) is 0.696. The lowest BCUT2D eigenvalue weighted by atomic mass is 10.0. The van der Waals surface area contributed by atoms with Crippen LogP contribution in [0.5, 0.6) is 0 Å². The summed E-state index contributed by atoms with van der Waals surface area (Å²) >= 11 is 0. The molecule has 2 atom stereocenters. The molecule has 0 aliphatic carbocycles. The number of carboxylic acid groups (broad SMARTS) is 1. The molecule has 4 N–H and O–H groups in total. The third kappa shape index (κ3) is 6.00. The minimum absolute atomic E-state index is 0.183. The van der Waals surface area contributed by atoms with Gasteiger partial charge in [-0.1, -0.05) is 20.3 Å². The van der Waals surface area contributed by atoms with Gasteiger partial charge < -0.3 is 16.2 Å². The standard InChI is InChI=1S/C10H18N2O4/c1-3-6(2)4-9(14)12-7(10(15)16)5-8(11)13/h6-7H,3-5H2,1-2H3,(H2,11,13)(H,12,14)(H,15,16)/t6?,7-/m1/s1. The number of carbonyl (C=O) groups is 3. The van der Waals surface area contributed by atoms with Crippen LogP contribution in [0.3, 0.4) is 0 Å². The van der Waals surface area contributed by atoms with E-state index >= 15 is 0 Å². The number of hydrogen-bond donors (Lipinski definition) is 3. The largest absolute Gasteiger partial charge is 0.480 e. The lowest BCUT2D eigenvalue weighted by Gasteiger charge is -2.14. The molecule has 0 aromatic carbocycles. The smallest absolute Gasteiger partial charge is 0.326 e. The van der Waals surface area contributed by atoms with Gasteiger partial charge in [-0.2, -0.15) is 0 Å². The van der Waals surface area contributed by atoms with E-state index in [0.717, 1.165) is 6.42 Å². The lowest BCUT2D eigenvalue weighted by Crippen LogP contribution is -2.43. The summed E-state index contributed by atoms with van der Waals surface area (Å²) in [7, 11) is 0. The van der Waals surface area contributed by atoms with E-state index in [0.29, 0.717) is 0 Å². The van der Waals surface area contributed by atoms with Crippen LogP contribution in [0.4, 0.5) is 0 Å². The zero-order valence-corrected chi connectivity index (χ0v) is 9.53. The van der Waals surface area contributed by atoms with E-state index in [1.165, 1.54) is 0 Å². The van der Waals surface area contributed by atoms with Gasteiger partial charge in [-0.15, -0.1) is 0 Å². The van der Waals surface area contributed by atoms with Crippen LogP contribution in [0.1, 0.15) is 33.1 Å². The first-order valence-corrected chi connectivity index (χ1v) is 5.17. The van der Waals surface area contributed by atoms with Gasteiger partial charge in [-0.3, -0.25) is 9.59 Å². The van der Waals surface area contributed by atoms with E-state index in [1.807, 2.05) is 13.8 Å². The highest BCUT2D eigenvalue weighted by Gasteiger charge is 2.22. The first kappa shape index (κ1) is 14.4. The average molecular weight is 230 g/mol. The number of rotatable bonds is 7. The molecule has 0 aliphatic rings. The van der Waals surface area contributed by atoms with Gasteiger partial charge in [-0.05, 0) is 5.92 Å².